The van der Waals surface area contributed by atoms with E-state index in [9.17, 15) is 4.79 Å². The first-order chi connectivity index (χ1) is 10.1. The number of imidazole rings is 1. The fraction of sp³-hybridized carbons (Fsp3) is 0.267. The van der Waals surface area contributed by atoms with Crippen LogP contribution in [0.3, 0.4) is 0 Å². The number of nitrogens with zero attached hydrogens (tertiary/aromatic N) is 4. The van der Waals surface area contributed by atoms with Gasteiger partial charge in [-0.25, -0.2) is 9.78 Å². The van der Waals surface area contributed by atoms with Gasteiger partial charge in [-0.3, -0.25) is 4.68 Å². The number of hydrogen-bond donors (Lipinski definition) is 1. The molecule has 0 amide bonds. The molecule has 0 unspecified atom stereocenters. The molecule has 1 aromatic carbocycles. The lowest BCUT2D eigenvalue weighted by Gasteiger charge is -2.04. The van der Waals surface area contributed by atoms with Gasteiger partial charge in [0.1, 0.15) is 0 Å². The van der Waals surface area contributed by atoms with Crippen LogP contribution in [-0.2, 0) is 20.0 Å². The van der Waals surface area contributed by atoms with E-state index in [2.05, 4.69) is 17.0 Å². The predicted octanol–water partition coefficient (Wildman–Crippen LogP) is 2.08. The summed E-state index contributed by atoms with van der Waals surface area (Å²) in [5.74, 6) is -0.930. The van der Waals surface area contributed by atoms with Crippen LogP contribution in [0, 0.1) is 0 Å². The Bertz CT molecular complexity index is 816. The molecule has 0 spiro atoms. The van der Waals surface area contributed by atoms with Crippen LogP contribution in [0.2, 0.25) is 0 Å². The normalized spacial score (nSPS) is 11.1. The number of rotatable bonds is 4. The molecule has 2 aromatic heterocycles. The van der Waals surface area contributed by atoms with Crippen LogP contribution in [0.25, 0.3) is 11.0 Å². The van der Waals surface area contributed by atoms with Crippen molar-refractivity contribution in [2.45, 2.75) is 19.9 Å². The van der Waals surface area contributed by atoms with E-state index >= 15 is 0 Å². The first kappa shape index (κ1) is 13.4. The molecule has 0 aliphatic heterocycles. The summed E-state index contributed by atoms with van der Waals surface area (Å²) < 4.78 is 3.76. The van der Waals surface area contributed by atoms with Gasteiger partial charge in [0, 0.05) is 18.8 Å². The maximum Gasteiger partial charge on any atom is 0.335 e. The molecule has 0 fully saturated rings. The van der Waals surface area contributed by atoms with Crippen molar-refractivity contribution in [3.05, 3.63) is 47.5 Å². The zero-order valence-electron chi connectivity index (χ0n) is 11.9. The molecule has 0 saturated heterocycles. The average molecular weight is 284 g/mol. The molecule has 0 radical (unpaired) electrons. The van der Waals surface area contributed by atoms with E-state index in [1.807, 2.05) is 17.8 Å². The van der Waals surface area contributed by atoms with Crippen LogP contribution in [0.1, 0.15) is 28.5 Å². The Morgan fingerprint density at radius 2 is 2.19 bits per heavy atom. The molecule has 1 N–H and O–H groups in total. The van der Waals surface area contributed by atoms with Gasteiger partial charge in [-0.05, 0) is 24.6 Å². The quantitative estimate of drug-likeness (QED) is 0.796. The fourth-order valence-corrected chi connectivity index (χ4v) is 2.51. The number of benzene rings is 1. The predicted molar refractivity (Wildman–Crippen MR) is 78.4 cm³/mol. The minimum Gasteiger partial charge on any atom is -0.478 e. The molecule has 3 rings (SSSR count). The Balaban J connectivity index is 2.03. The highest BCUT2D eigenvalue weighted by Gasteiger charge is 2.11. The van der Waals surface area contributed by atoms with E-state index in [0.29, 0.717) is 6.54 Å². The molecule has 0 bridgehead atoms. The summed E-state index contributed by atoms with van der Waals surface area (Å²) in [5.41, 5.74) is 4.06. The molecule has 6 nitrogen and oxygen atoms in total. The van der Waals surface area contributed by atoms with Crippen molar-refractivity contribution in [3.63, 3.8) is 0 Å². The summed E-state index contributed by atoms with van der Waals surface area (Å²) in [7, 11) is 1.90. The molecule has 0 saturated carbocycles. The molecule has 0 atom stereocenters. The van der Waals surface area contributed by atoms with E-state index in [4.69, 9.17) is 5.11 Å². The Kier molecular flexibility index (Phi) is 3.21. The average Bonchev–Trinajstić information content (AvgIpc) is 3.02. The first-order valence-electron chi connectivity index (χ1n) is 6.78. The third-order valence-electron chi connectivity index (χ3n) is 3.54. The van der Waals surface area contributed by atoms with E-state index in [1.54, 1.807) is 29.2 Å². The minimum absolute atomic E-state index is 0.270. The van der Waals surface area contributed by atoms with Gasteiger partial charge in [-0.2, -0.15) is 5.10 Å². The molecular formula is C15H16N4O2. The third kappa shape index (κ3) is 2.40. The molecule has 108 valence electrons. The molecule has 21 heavy (non-hydrogen) atoms. The monoisotopic (exact) mass is 284 g/mol. The summed E-state index contributed by atoms with van der Waals surface area (Å²) in [6, 6.07) is 4.97. The number of carboxylic acids is 1. The van der Waals surface area contributed by atoms with E-state index in [-0.39, 0.29) is 5.56 Å². The van der Waals surface area contributed by atoms with Crippen molar-refractivity contribution in [1.29, 1.82) is 0 Å². The molecular weight excluding hydrogens is 268 g/mol. The SMILES string of the molecule is CCc1nn(C)cc1Cn1cnc2ccc(C(=O)O)cc21. The van der Waals surface area contributed by atoms with Crippen LogP contribution in [0.4, 0.5) is 0 Å². The highest BCUT2D eigenvalue weighted by atomic mass is 16.4. The highest BCUT2D eigenvalue weighted by Crippen LogP contribution is 2.18. The molecule has 0 aliphatic carbocycles. The molecule has 3 aromatic rings. The summed E-state index contributed by atoms with van der Waals surface area (Å²) >= 11 is 0. The van der Waals surface area contributed by atoms with Gasteiger partial charge < -0.3 is 9.67 Å². The van der Waals surface area contributed by atoms with Gasteiger partial charge in [-0.15, -0.1) is 0 Å². The van der Waals surface area contributed by atoms with Crippen molar-refractivity contribution < 1.29 is 9.90 Å². The number of aryl methyl sites for hydroxylation is 2. The van der Waals surface area contributed by atoms with Crippen molar-refractivity contribution >= 4 is 17.0 Å². The first-order valence-corrected chi connectivity index (χ1v) is 6.78. The maximum atomic E-state index is 11.1. The van der Waals surface area contributed by atoms with Crippen LogP contribution in [0.5, 0.6) is 0 Å². The van der Waals surface area contributed by atoms with Gasteiger partial charge in [0.15, 0.2) is 0 Å². The van der Waals surface area contributed by atoms with Gasteiger partial charge in [-0.1, -0.05) is 6.92 Å². The van der Waals surface area contributed by atoms with Crippen LogP contribution < -0.4 is 0 Å². The lowest BCUT2D eigenvalue weighted by Crippen LogP contribution is -2.01. The molecule has 0 aliphatic rings. The van der Waals surface area contributed by atoms with Crippen LogP contribution in [0.15, 0.2) is 30.7 Å². The van der Waals surface area contributed by atoms with Crippen molar-refractivity contribution in [2.75, 3.05) is 0 Å². The lowest BCUT2D eigenvalue weighted by atomic mass is 10.2. The number of carboxylic acid groups (broad SMARTS) is 1. The second-order valence-corrected chi connectivity index (χ2v) is 5.01. The number of carbonyl (C=O) groups is 1. The van der Waals surface area contributed by atoms with Gasteiger partial charge in [0.2, 0.25) is 0 Å². The zero-order valence-corrected chi connectivity index (χ0v) is 11.9. The van der Waals surface area contributed by atoms with E-state index in [0.717, 1.165) is 28.7 Å². The maximum absolute atomic E-state index is 11.1. The summed E-state index contributed by atoms with van der Waals surface area (Å²) in [6.07, 6.45) is 4.59. The number of aromatic carboxylic acids is 1. The fourth-order valence-electron chi connectivity index (χ4n) is 2.51. The van der Waals surface area contributed by atoms with Gasteiger partial charge in [0.05, 0.1) is 35.2 Å². The number of aromatic nitrogens is 4. The lowest BCUT2D eigenvalue weighted by molar-refractivity contribution is 0.0697. The molecule has 6 heteroatoms. The number of hydrogen-bond acceptors (Lipinski definition) is 3. The van der Waals surface area contributed by atoms with Crippen molar-refractivity contribution in [2.24, 2.45) is 7.05 Å². The van der Waals surface area contributed by atoms with Crippen molar-refractivity contribution in [3.8, 4) is 0 Å². The van der Waals surface area contributed by atoms with Crippen LogP contribution in [-0.4, -0.2) is 30.4 Å². The highest BCUT2D eigenvalue weighted by molar-refractivity contribution is 5.92. The summed E-state index contributed by atoms with van der Waals surface area (Å²) in [5, 5.41) is 13.5. The Hall–Kier alpha value is -2.63. The number of fused-ring (bicyclic) bond motifs is 1. The molecule has 2 heterocycles. The summed E-state index contributed by atoms with van der Waals surface area (Å²) in [6.45, 7) is 2.71. The van der Waals surface area contributed by atoms with Crippen LogP contribution >= 0.6 is 0 Å². The second kappa shape index (κ2) is 5.05. The van der Waals surface area contributed by atoms with E-state index < -0.39 is 5.97 Å². The van der Waals surface area contributed by atoms with E-state index in [1.165, 1.54) is 0 Å². The Morgan fingerprint density at radius 3 is 2.90 bits per heavy atom. The topological polar surface area (TPSA) is 72.9 Å². The van der Waals surface area contributed by atoms with Gasteiger partial charge >= 0.3 is 5.97 Å². The Morgan fingerprint density at radius 1 is 1.38 bits per heavy atom. The van der Waals surface area contributed by atoms with Crippen molar-refractivity contribution in [1.82, 2.24) is 19.3 Å². The zero-order chi connectivity index (χ0) is 15.0. The minimum atomic E-state index is -0.930. The summed E-state index contributed by atoms with van der Waals surface area (Å²) in [4.78, 5) is 15.4. The largest absolute Gasteiger partial charge is 0.478 e. The Labute approximate surface area is 121 Å². The smallest absolute Gasteiger partial charge is 0.335 e. The van der Waals surface area contributed by atoms with Gasteiger partial charge in [0.25, 0.3) is 0 Å². The standard InChI is InChI=1S/C15H16N4O2/c1-3-12-11(7-18(2)17-12)8-19-9-16-13-5-4-10(15(20)21)6-14(13)19/h4-7,9H,3,8H2,1-2H3,(H,20,21). The second-order valence-electron chi connectivity index (χ2n) is 5.01. The third-order valence-corrected chi connectivity index (χ3v) is 3.54.